The number of halogens is 1. The SMILES string of the molecule is Cc1nn(C[C@@H](C)C(=O)Nc2ccc(Br)cc2)c(C)c1C. The van der Waals surface area contributed by atoms with Crippen LogP contribution < -0.4 is 5.32 Å². The summed E-state index contributed by atoms with van der Waals surface area (Å²) in [6.45, 7) is 8.59. The molecule has 0 spiro atoms. The molecule has 1 atom stereocenters. The molecule has 2 aromatic rings. The van der Waals surface area contributed by atoms with Gasteiger partial charge < -0.3 is 5.32 Å². The van der Waals surface area contributed by atoms with E-state index >= 15 is 0 Å². The van der Waals surface area contributed by atoms with Crippen LogP contribution >= 0.6 is 15.9 Å². The summed E-state index contributed by atoms with van der Waals surface area (Å²) in [4.78, 5) is 12.2. The second kappa shape index (κ2) is 6.43. The van der Waals surface area contributed by atoms with Gasteiger partial charge in [0.25, 0.3) is 0 Å². The van der Waals surface area contributed by atoms with Crippen molar-refractivity contribution in [3.63, 3.8) is 0 Å². The second-order valence-corrected chi connectivity index (χ2v) is 6.29. The number of amides is 1. The van der Waals surface area contributed by atoms with Crippen LogP contribution in [-0.4, -0.2) is 15.7 Å². The van der Waals surface area contributed by atoms with Gasteiger partial charge in [-0.3, -0.25) is 9.48 Å². The first kappa shape index (κ1) is 15.8. The quantitative estimate of drug-likeness (QED) is 0.911. The molecule has 1 amide bonds. The number of aryl methyl sites for hydroxylation is 1. The summed E-state index contributed by atoms with van der Waals surface area (Å²) in [5.41, 5.74) is 4.14. The van der Waals surface area contributed by atoms with E-state index in [-0.39, 0.29) is 11.8 Å². The molecule has 2 rings (SSSR count). The van der Waals surface area contributed by atoms with Gasteiger partial charge in [-0.1, -0.05) is 22.9 Å². The number of rotatable bonds is 4. The topological polar surface area (TPSA) is 46.9 Å². The van der Waals surface area contributed by atoms with E-state index in [1.165, 1.54) is 5.56 Å². The zero-order valence-corrected chi connectivity index (χ0v) is 14.4. The van der Waals surface area contributed by atoms with Gasteiger partial charge in [0.2, 0.25) is 5.91 Å². The first-order valence-corrected chi connectivity index (χ1v) is 7.75. The van der Waals surface area contributed by atoms with Crippen LogP contribution in [0.15, 0.2) is 28.7 Å². The Bertz CT molecular complexity index is 646. The predicted octanol–water partition coefficient (Wildman–Crippen LogP) is 3.85. The van der Waals surface area contributed by atoms with Gasteiger partial charge in [0.1, 0.15) is 0 Å². The van der Waals surface area contributed by atoms with E-state index in [0.717, 1.165) is 21.5 Å². The molecule has 1 aromatic heterocycles. The van der Waals surface area contributed by atoms with Crippen LogP contribution in [0.3, 0.4) is 0 Å². The number of hydrogen-bond acceptors (Lipinski definition) is 2. The maximum absolute atomic E-state index is 12.2. The smallest absolute Gasteiger partial charge is 0.229 e. The molecule has 0 aliphatic carbocycles. The molecule has 0 fully saturated rings. The fourth-order valence-electron chi connectivity index (χ4n) is 2.11. The van der Waals surface area contributed by atoms with Gasteiger partial charge in [0.05, 0.1) is 18.2 Å². The van der Waals surface area contributed by atoms with Crippen LogP contribution in [-0.2, 0) is 11.3 Å². The first-order chi connectivity index (χ1) is 9.88. The lowest BCUT2D eigenvalue weighted by atomic mass is 10.1. The maximum atomic E-state index is 12.2. The van der Waals surface area contributed by atoms with E-state index in [1.807, 2.05) is 49.7 Å². The van der Waals surface area contributed by atoms with Crippen molar-refractivity contribution in [2.24, 2.45) is 5.92 Å². The summed E-state index contributed by atoms with van der Waals surface area (Å²) in [7, 11) is 0. The number of nitrogens with zero attached hydrogens (tertiary/aromatic N) is 2. The molecule has 5 heteroatoms. The summed E-state index contributed by atoms with van der Waals surface area (Å²) in [6.07, 6.45) is 0. The van der Waals surface area contributed by atoms with Crippen LogP contribution in [0.25, 0.3) is 0 Å². The molecule has 0 aliphatic rings. The Morgan fingerprint density at radius 3 is 2.43 bits per heavy atom. The molecule has 1 aromatic carbocycles. The zero-order chi connectivity index (χ0) is 15.6. The third-order valence-electron chi connectivity index (χ3n) is 3.75. The third-order valence-corrected chi connectivity index (χ3v) is 4.28. The highest BCUT2D eigenvalue weighted by Crippen LogP contribution is 2.16. The Balaban J connectivity index is 2.02. The van der Waals surface area contributed by atoms with Crippen LogP contribution in [0, 0.1) is 26.7 Å². The van der Waals surface area contributed by atoms with Crippen LogP contribution in [0.1, 0.15) is 23.9 Å². The minimum atomic E-state index is -0.147. The Hall–Kier alpha value is -1.62. The summed E-state index contributed by atoms with van der Waals surface area (Å²) >= 11 is 3.38. The van der Waals surface area contributed by atoms with Gasteiger partial charge in [-0.15, -0.1) is 0 Å². The van der Waals surface area contributed by atoms with Gasteiger partial charge in [-0.2, -0.15) is 5.10 Å². The molecule has 0 bridgehead atoms. The van der Waals surface area contributed by atoms with Crippen molar-refractivity contribution in [1.29, 1.82) is 0 Å². The summed E-state index contributed by atoms with van der Waals surface area (Å²) in [5, 5.41) is 7.41. The number of carbonyl (C=O) groups excluding carboxylic acids is 1. The highest BCUT2D eigenvalue weighted by molar-refractivity contribution is 9.10. The Morgan fingerprint density at radius 1 is 1.29 bits per heavy atom. The molecule has 4 nitrogen and oxygen atoms in total. The second-order valence-electron chi connectivity index (χ2n) is 5.38. The van der Waals surface area contributed by atoms with E-state index in [0.29, 0.717) is 6.54 Å². The molecule has 21 heavy (non-hydrogen) atoms. The minimum absolute atomic E-state index is 0.00234. The lowest BCUT2D eigenvalue weighted by Crippen LogP contribution is -2.25. The average molecular weight is 350 g/mol. The normalized spacial score (nSPS) is 12.2. The molecular weight excluding hydrogens is 330 g/mol. The van der Waals surface area contributed by atoms with Crippen molar-refractivity contribution in [2.75, 3.05) is 5.32 Å². The monoisotopic (exact) mass is 349 g/mol. The van der Waals surface area contributed by atoms with Crippen molar-refractivity contribution in [3.8, 4) is 0 Å². The number of aromatic nitrogens is 2. The Morgan fingerprint density at radius 2 is 1.90 bits per heavy atom. The highest BCUT2D eigenvalue weighted by atomic mass is 79.9. The van der Waals surface area contributed by atoms with Crippen molar-refractivity contribution >= 4 is 27.5 Å². The number of nitrogens with one attached hydrogen (secondary N) is 1. The Labute approximate surface area is 133 Å². The number of hydrogen-bond donors (Lipinski definition) is 1. The van der Waals surface area contributed by atoms with E-state index in [4.69, 9.17) is 0 Å². The molecular formula is C16H20BrN3O. The molecule has 0 saturated heterocycles. The zero-order valence-electron chi connectivity index (χ0n) is 12.8. The van der Waals surface area contributed by atoms with Gasteiger partial charge in [0.15, 0.2) is 0 Å². The lowest BCUT2D eigenvalue weighted by molar-refractivity contribution is -0.119. The van der Waals surface area contributed by atoms with Gasteiger partial charge in [-0.25, -0.2) is 0 Å². The van der Waals surface area contributed by atoms with Crippen molar-refractivity contribution in [2.45, 2.75) is 34.2 Å². The van der Waals surface area contributed by atoms with Gasteiger partial charge in [0, 0.05) is 15.9 Å². The summed E-state index contributed by atoms with van der Waals surface area (Å²) in [6, 6.07) is 7.57. The molecule has 1 heterocycles. The maximum Gasteiger partial charge on any atom is 0.229 e. The summed E-state index contributed by atoms with van der Waals surface area (Å²) < 4.78 is 2.91. The molecule has 0 radical (unpaired) electrons. The number of carbonyl (C=O) groups is 1. The van der Waals surface area contributed by atoms with Gasteiger partial charge >= 0.3 is 0 Å². The molecule has 0 saturated carbocycles. The number of anilines is 1. The summed E-state index contributed by atoms with van der Waals surface area (Å²) in [5.74, 6) is -0.145. The van der Waals surface area contributed by atoms with E-state index in [1.54, 1.807) is 0 Å². The molecule has 112 valence electrons. The van der Waals surface area contributed by atoms with Crippen LogP contribution in [0.2, 0.25) is 0 Å². The van der Waals surface area contributed by atoms with Crippen molar-refractivity contribution in [3.05, 3.63) is 45.7 Å². The van der Waals surface area contributed by atoms with E-state index < -0.39 is 0 Å². The fourth-order valence-corrected chi connectivity index (χ4v) is 2.37. The number of benzene rings is 1. The Kier molecular flexibility index (Phi) is 4.83. The van der Waals surface area contributed by atoms with Crippen molar-refractivity contribution < 1.29 is 4.79 Å². The predicted molar refractivity (Wildman–Crippen MR) is 88.4 cm³/mol. The molecule has 0 unspecified atom stereocenters. The third kappa shape index (κ3) is 3.73. The lowest BCUT2D eigenvalue weighted by Gasteiger charge is -2.13. The molecule has 1 N–H and O–H groups in total. The fraction of sp³-hybridized carbons (Fsp3) is 0.375. The highest BCUT2D eigenvalue weighted by Gasteiger charge is 2.16. The van der Waals surface area contributed by atoms with E-state index in [9.17, 15) is 4.79 Å². The average Bonchev–Trinajstić information content (AvgIpc) is 2.69. The van der Waals surface area contributed by atoms with Crippen LogP contribution in [0.5, 0.6) is 0 Å². The van der Waals surface area contributed by atoms with E-state index in [2.05, 4.69) is 33.3 Å². The largest absolute Gasteiger partial charge is 0.326 e. The molecule has 0 aliphatic heterocycles. The van der Waals surface area contributed by atoms with Crippen LogP contribution in [0.4, 0.5) is 5.69 Å². The minimum Gasteiger partial charge on any atom is -0.326 e. The standard InChI is InChI=1S/C16H20BrN3O/c1-10(9-20-13(4)11(2)12(3)19-20)16(21)18-15-7-5-14(17)6-8-15/h5-8,10H,9H2,1-4H3,(H,18,21)/t10-/m1/s1. The first-order valence-electron chi connectivity index (χ1n) is 6.95. The van der Waals surface area contributed by atoms with Crippen molar-refractivity contribution in [1.82, 2.24) is 9.78 Å². The van der Waals surface area contributed by atoms with Gasteiger partial charge in [-0.05, 0) is 50.6 Å².